The summed E-state index contributed by atoms with van der Waals surface area (Å²) in [4.78, 5) is 24.9. The Hall–Kier alpha value is -2.67. The van der Waals surface area contributed by atoms with Crippen molar-refractivity contribution >= 4 is 29.1 Å². The van der Waals surface area contributed by atoms with E-state index in [1.807, 2.05) is 0 Å². The van der Waals surface area contributed by atoms with Crippen LogP contribution >= 0.6 is 11.6 Å². The summed E-state index contributed by atoms with van der Waals surface area (Å²) in [5.41, 5.74) is 0.727. The van der Waals surface area contributed by atoms with Crippen LogP contribution in [0.1, 0.15) is 15.9 Å². The molecule has 0 saturated carbocycles. The van der Waals surface area contributed by atoms with Crippen LogP contribution in [-0.2, 0) is 6.54 Å². The molecular weight excluding hydrogens is 298 g/mol. The molecule has 0 fully saturated rings. The minimum atomic E-state index is -1.01. The van der Waals surface area contributed by atoms with E-state index >= 15 is 0 Å². The first kappa shape index (κ1) is 14.7. The smallest absolute Gasteiger partial charge is 0.335 e. The first-order chi connectivity index (χ1) is 9.97. The van der Waals surface area contributed by atoms with E-state index in [1.165, 1.54) is 24.4 Å². The molecule has 0 saturated heterocycles. The van der Waals surface area contributed by atoms with Crippen molar-refractivity contribution in [3.05, 3.63) is 62.8 Å². The van der Waals surface area contributed by atoms with Crippen LogP contribution in [0.5, 0.6) is 0 Å². The van der Waals surface area contributed by atoms with Gasteiger partial charge in [-0.3, -0.25) is 10.1 Å². The summed E-state index contributed by atoms with van der Waals surface area (Å²) in [6.45, 7) is 0.273. The number of aromatic nitrogens is 1. The SMILES string of the molecule is O=C(O)c1ccc(CNc2ncc(Cl)cc2[N+](=O)[O-])cc1. The number of hydrogen-bond donors (Lipinski definition) is 2. The number of pyridine rings is 1. The Kier molecular flexibility index (Phi) is 4.34. The van der Waals surface area contributed by atoms with Gasteiger partial charge in [0, 0.05) is 18.8 Å². The Bertz CT molecular complexity index is 688. The lowest BCUT2D eigenvalue weighted by atomic mass is 10.1. The van der Waals surface area contributed by atoms with Crippen LogP contribution in [0.15, 0.2) is 36.5 Å². The van der Waals surface area contributed by atoms with Gasteiger partial charge in [-0.25, -0.2) is 9.78 Å². The third kappa shape index (κ3) is 3.67. The number of aromatic carboxylic acids is 1. The highest BCUT2D eigenvalue weighted by molar-refractivity contribution is 6.30. The highest BCUT2D eigenvalue weighted by Crippen LogP contribution is 2.25. The molecule has 0 bridgehead atoms. The molecule has 2 rings (SSSR count). The molecule has 0 atom stereocenters. The van der Waals surface area contributed by atoms with Crippen LogP contribution in [-0.4, -0.2) is 21.0 Å². The summed E-state index contributed by atoms with van der Waals surface area (Å²) in [7, 11) is 0. The maximum atomic E-state index is 10.9. The summed E-state index contributed by atoms with van der Waals surface area (Å²) in [5, 5.41) is 22.7. The molecule has 1 heterocycles. The second-order valence-corrected chi connectivity index (χ2v) is 4.57. The Morgan fingerprint density at radius 1 is 1.38 bits per heavy atom. The van der Waals surface area contributed by atoms with Crippen molar-refractivity contribution in [2.24, 2.45) is 0 Å². The molecule has 0 aliphatic rings. The number of carboxylic acid groups (broad SMARTS) is 1. The third-order valence-corrected chi connectivity index (χ3v) is 2.90. The highest BCUT2D eigenvalue weighted by Gasteiger charge is 2.15. The molecule has 2 N–H and O–H groups in total. The molecule has 1 aromatic heterocycles. The van der Waals surface area contributed by atoms with Crippen LogP contribution in [0.25, 0.3) is 0 Å². The molecule has 0 radical (unpaired) electrons. The van der Waals surface area contributed by atoms with E-state index in [-0.39, 0.29) is 28.6 Å². The molecule has 8 heteroatoms. The molecule has 0 spiro atoms. The van der Waals surface area contributed by atoms with Crippen molar-refractivity contribution in [3.8, 4) is 0 Å². The summed E-state index contributed by atoms with van der Waals surface area (Å²) in [6.07, 6.45) is 1.31. The van der Waals surface area contributed by atoms with Crippen LogP contribution in [0.2, 0.25) is 5.02 Å². The van der Waals surface area contributed by atoms with Gasteiger partial charge in [-0.15, -0.1) is 0 Å². The van der Waals surface area contributed by atoms with Crippen molar-refractivity contribution in [1.29, 1.82) is 0 Å². The second kappa shape index (κ2) is 6.19. The van der Waals surface area contributed by atoms with Crippen molar-refractivity contribution in [1.82, 2.24) is 4.98 Å². The quantitative estimate of drug-likeness (QED) is 0.650. The zero-order valence-electron chi connectivity index (χ0n) is 10.6. The summed E-state index contributed by atoms with van der Waals surface area (Å²) in [6, 6.07) is 7.38. The number of carbonyl (C=O) groups is 1. The number of anilines is 1. The summed E-state index contributed by atoms with van der Waals surface area (Å²) in [5.74, 6) is -0.906. The monoisotopic (exact) mass is 307 g/mol. The highest BCUT2D eigenvalue weighted by atomic mass is 35.5. The maximum Gasteiger partial charge on any atom is 0.335 e. The topological polar surface area (TPSA) is 105 Å². The predicted molar refractivity (Wildman–Crippen MR) is 76.6 cm³/mol. The summed E-state index contributed by atoms with van der Waals surface area (Å²) < 4.78 is 0. The lowest BCUT2D eigenvalue weighted by molar-refractivity contribution is -0.384. The lowest BCUT2D eigenvalue weighted by Gasteiger charge is -2.06. The summed E-state index contributed by atoms with van der Waals surface area (Å²) >= 11 is 5.67. The standard InChI is InChI=1S/C13H10ClN3O4/c14-10-5-11(17(20)21)12(16-7-10)15-6-8-1-3-9(4-2-8)13(18)19/h1-5,7H,6H2,(H,15,16)(H,18,19). The number of benzene rings is 1. The number of nitro groups is 1. The Morgan fingerprint density at radius 3 is 2.62 bits per heavy atom. The molecule has 0 amide bonds. The molecular formula is C13H10ClN3O4. The fourth-order valence-electron chi connectivity index (χ4n) is 1.65. The number of rotatable bonds is 5. The molecule has 7 nitrogen and oxygen atoms in total. The van der Waals surface area contributed by atoms with Gasteiger partial charge in [0.1, 0.15) is 0 Å². The van der Waals surface area contributed by atoms with Gasteiger partial charge < -0.3 is 10.4 Å². The van der Waals surface area contributed by atoms with Gasteiger partial charge in [0.25, 0.3) is 0 Å². The minimum absolute atomic E-state index is 0.103. The zero-order valence-corrected chi connectivity index (χ0v) is 11.4. The Morgan fingerprint density at radius 2 is 2.05 bits per heavy atom. The van der Waals surface area contributed by atoms with Crippen molar-refractivity contribution < 1.29 is 14.8 Å². The molecule has 21 heavy (non-hydrogen) atoms. The fraction of sp³-hybridized carbons (Fsp3) is 0.0769. The van der Waals surface area contributed by atoms with Gasteiger partial charge >= 0.3 is 11.7 Å². The van der Waals surface area contributed by atoms with Crippen molar-refractivity contribution in [2.75, 3.05) is 5.32 Å². The minimum Gasteiger partial charge on any atom is -0.478 e. The predicted octanol–water partition coefficient (Wildman–Crippen LogP) is 2.95. The van der Waals surface area contributed by atoms with Gasteiger partial charge in [-0.05, 0) is 17.7 Å². The van der Waals surface area contributed by atoms with Gasteiger partial charge in [0.15, 0.2) is 0 Å². The first-order valence-corrected chi connectivity index (χ1v) is 6.21. The van der Waals surface area contributed by atoms with E-state index in [1.54, 1.807) is 12.1 Å². The fourth-order valence-corrected chi connectivity index (χ4v) is 1.81. The van der Waals surface area contributed by atoms with Crippen LogP contribution in [0.4, 0.5) is 11.5 Å². The Labute approximate surface area is 124 Å². The average Bonchev–Trinajstić information content (AvgIpc) is 2.46. The number of carboxylic acids is 1. The maximum absolute atomic E-state index is 10.9. The van der Waals surface area contributed by atoms with E-state index in [0.717, 1.165) is 5.56 Å². The van der Waals surface area contributed by atoms with E-state index in [4.69, 9.17) is 16.7 Å². The van der Waals surface area contributed by atoms with Gasteiger partial charge in [0.05, 0.1) is 15.5 Å². The number of nitrogens with one attached hydrogen (secondary N) is 1. The first-order valence-electron chi connectivity index (χ1n) is 5.83. The van der Waals surface area contributed by atoms with Gasteiger partial charge in [-0.2, -0.15) is 0 Å². The van der Waals surface area contributed by atoms with Crippen LogP contribution in [0, 0.1) is 10.1 Å². The molecule has 2 aromatic rings. The molecule has 0 unspecified atom stereocenters. The Balaban J connectivity index is 2.13. The third-order valence-electron chi connectivity index (χ3n) is 2.69. The van der Waals surface area contributed by atoms with E-state index in [2.05, 4.69) is 10.3 Å². The van der Waals surface area contributed by atoms with Gasteiger partial charge in [0.2, 0.25) is 5.82 Å². The molecule has 1 aromatic carbocycles. The number of hydrogen-bond acceptors (Lipinski definition) is 5. The number of nitrogens with zero attached hydrogens (tertiary/aromatic N) is 2. The average molecular weight is 308 g/mol. The van der Waals surface area contributed by atoms with E-state index < -0.39 is 10.9 Å². The van der Waals surface area contributed by atoms with E-state index in [9.17, 15) is 14.9 Å². The lowest BCUT2D eigenvalue weighted by Crippen LogP contribution is -2.05. The van der Waals surface area contributed by atoms with Crippen LogP contribution < -0.4 is 5.32 Å². The second-order valence-electron chi connectivity index (χ2n) is 4.13. The van der Waals surface area contributed by atoms with E-state index in [0.29, 0.717) is 0 Å². The van der Waals surface area contributed by atoms with Crippen LogP contribution in [0.3, 0.4) is 0 Å². The molecule has 0 aliphatic carbocycles. The van der Waals surface area contributed by atoms with Gasteiger partial charge in [-0.1, -0.05) is 23.7 Å². The zero-order chi connectivity index (χ0) is 15.4. The normalized spacial score (nSPS) is 10.1. The van der Waals surface area contributed by atoms with Crippen molar-refractivity contribution in [3.63, 3.8) is 0 Å². The molecule has 108 valence electrons. The largest absolute Gasteiger partial charge is 0.478 e. The molecule has 0 aliphatic heterocycles. The van der Waals surface area contributed by atoms with Crippen molar-refractivity contribution in [2.45, 2.75) is 6.54 Å². The number of halogens is 1.